The molecule has 84 valence electrons. The first-order valence-corrected chi connectivity index (χ1v) is 5.90. The van der Waals surface area contributed by atoms with Crippen LogP contribution < -0.4 is 5.73 Å². The van der Waals surface area contributed by atoms with Gasteiger partial charge in [-0.25, -0.2) is 0 Å². The van der Waals surface area contributed by atoms with E-state index in [1.165, 1.54) is 11.1 Å². The average molecular weight is 205 g/mol. The maximum absolute atomic E-state index is 6.42. The minimum Gasteiger partial charge on any atom is -0.321 e. The van der Waals surface area contributed by atoms with Crippen molar-refractivity contribution >= 4 is 0 Å². The first kappa shape index (κ1) is 12.3. The highest BCUT2D eigenvalue weighted by Gasteiger charge is 2.27. The normalized spacial score (nSPS) is 17.1. The Morgan fingerprint density at radius 1 is 1.33 bits per heavy atom. The standard InChI is InChI=1S/C14H23N/c1-5-11(3)14(4,15)13-9-7-8-12(6-2)10-13/h7-11H,5-6,15H2,1-4H3. The van der Waals surface area contributed by atoms with E-state index in [0.29, 0.717) is 5.92 Å². The van der Waals surface area contributed by atoms with E-state index in [4.69, 9.17) is 5.73 Å². The number of aryl methyl sites for hydroxylation is 1. The Bertz CT molecular complexity index is 315. The Labute approximate surface area is 93.7 Å². The van der Waals surface area contributed by atoms with Crippen molar-refractivity contribution in [1.29, 1.82) is 0 Å². The Morgan fingerprint density at radius 3 is 2.53 bits per heavy atom. The van der Waals surface area contributed by atoms with Gasteiger partial charge >= 0.3 is 0 Å². The molecule has 0 saturated carbocycles. The molecule has 1 heteroatoms. The number of rotatable bonds is 4. The summed E-state index contributed by atoms with van der Waals surface area (Å²) in [6.07, 6.45) is 2.19. The molecule has 0 aliphatic carbocycles. The van der Waals surface area contributed by atoms with Gasteiger partial charge in [0.2, 0.25) is 0 Å². The molecule has 1 aromatic carbocycles. The Balaban J connectivity index is 3.03. The highest BCUT2D eigenvalue weighted by atomic mass is 14.7. The topological polar surface area (TPSA) is 26.0 Å². The third-order valence-corrected chi connectivity index (χ3v) is 3.59. The lowest BCUT2D eigenvalue weighted by Gasteiger charge is -2.32. The minimum atomic E-state index is -0.208. The molecule has 15 heavy (non-hydrogen) atoms. The van der Waals surface area contributed by atoms with Crippen molar-refractivity contribution < 1.29 is 0 Å². The lowest BCUT2D eigenvalue weighted by atomic mass is 9.79. The molecule has 0 radical (unpaired) electrons. The van der Waals surface area contributed by atoms with Crippen LogP contribution in [0.4, 0.5) is 0 Å². The van der Waals surface area contributed by atoms with Gasteiger partial charge in [0, 0.05) is 5.54 Å². The molecule has 2 atom stereocenters. The number of benzene rings is 1. The van der Waals surface area contributed by atoms with Gasteiger partial charge in [0.25, 0.3) is 0 Å². The van der Waals surface area contributed by atoms with Crippen LogP contribution in [0, 0.1) is 5.92 Å². The molecule has 0 amide bonds. The summed E-state index contributed by atoms with van der Waals surface area (Å²) in [5.74, 6) is 0.504. The van der Waals surface area contributed by atoms with Gasteiger partial charge in [0.05, 0.1) is 0 Å². The van der Waals surface area contributed by atoms with E-state index in [1.807, 2.05) is 0 Å². The molecule has 0 bridgehead atoms. The quantitative estimate of drug-likeness (QED) is 0.800. The third kappa shape index (κ3) is 2.60. The summed E-state index contributed by atoms with van der Waals surface area (Å²) in [5.41, 5.74) is 8.84. The molecule has 0 aromatic heterocycles. The monoisotopic (exact) mass is 205 g/mol. The third-order valence-electron chi connectivity index (χ3n) is 3.59. The first-order chi connectivity index (χ1) is 7.02. The van der Waals surface area contributed by atoms with Gasteiger partial charge in [0.1, 0.15) is 0 Å². The van der Waals surface area contributed by atoms with Crippen LogP contribution >= 0.6 is 0 Å². The smallest absolute Gasteiger partial charge is 0.0406 e. The molecule has 2 N–H and O–H groups in total. The molecule has 0 aliphatic heterocycles. The van der Waals surface area contributed by atoms with E-state index in [0.717, 1.165) is 12.8 Å². The van der Waals surface area contributed by atoms with Gasteiger partial charge in [-0.05, 0) is 30.4 Å². The second-order valence-corrected chi connectivity index (χ2v) is 4.65. The summed E-state index contributed by atoms with van der Waals surface area (Å²) >= 11 is 0. The molecule has 0 spiro atoms. The number of hydrogen-bond acceptors (Lipinski definition) is 1. The van der Waals surface area contributed by atoms with E-state index >= 15 is 0 Å². The van der Waals surface area contributed by atoms with E-state index in [9.17, 15) is 0 Å². The summed E-state index contributed by atoms with van der Waals surface area (Å²) < 4.78 is 0. The van der Waals surface area contributed by atoms with Crippen LogP contribution in [0.3, 0.4) is 0 Å². The largest absolute Gasteiger partial charge is 0.321 e. The lowest BCUT2D eigenvalue weighted by Crippen LogP contribution is -2.39. The highest BCUT2D eigenvalue weighted by Crippen LogP contribution is 2.29. The van der Waals surface area contributed by atoms with Gasteiger partial charge in [0.15, 0.2) is 0 Å². The molecule has 2 unspecified atom stereocenters. The molecule has 0 heterocycles. The maximum atomic E-state index is 6.42. The first-order valence-electron chi connectivity index (χ1n) is 5.90. The zero-order chi connectivity index (χ0) is 11.5. The van der Waals surface area contributed by atoms with Crippen LogP contribution in [0.15, 0.2) is 24.3 Å². The number of hydrogen-bond donors (Lipinski definition) is 1. The SMILES string of the molecule is CCc1cccc(C(C)(N)C(C)CC)c1. The van der Waals surface area contributed by atoms with E-state index in [1.54, 1.807) is 0 Å². The average Bonchev–Trinajstić information content (AvgIpc) is 2.27. The van der Waals surface area contributed by atoms with Crippen molar-refractivity contribution in [3.05, 3.63) is 35.4 Å². The summed E-state index contributed by atoms with van der Waals surface area (Å²) in [7, 11) is 0. The van der Waals surface area contributed by atoms with Crippen LogP contribution in [0.2, 0.25) is 0 Å². The summed E-state index contributed by atoms with van der Waals surface area (Å²) in [6, 6.07) is 8.66. The van der Waals surface area contributed by atoms with Crippen LogP contribution in [-0.4, -0.2) is 0 Å². The molecule has 1 rings (SSSR count). The fraction of sp³-hybridized carbons (Fsp3) is 0.571. The summed E-state index contributed by atoms with van der Waals surface area (Å²) in [5, 5.41) is 0. The zero-order valence-corrected chi connectivity index (χ0v) is 10.4. The summed E-state index contributed by atoms with van der Waals surface area (Å²) in [4.78, 5) is 0. The molecule has 0 fully saturated rings. The Kier molecular flexibility index (Phi) is 3.92. The van der Waals surface area contributed by atoms with Gasteiger partial charge in [-0.3, -0.25) is 0 Å². The van der Waals surface area contributed by atoms with Crippen molar-refractivity contribution in [3.8, 4) is 0 Å². The molecule has 1 nitrogen and oxygen atoms in total. The molecule has 1 aromatic rings. The number of nitrogens with two attached hydrogens (primary N) is 1. The van der Waals surface area contributed by atoms with Crippen molar-refractivity contribution in [2.24, 2.45) is 11.7 Å². The van der Waals surface area contributed by atoms with Gasteiger partial charge in [-0.2, -0.15) is 0 Å². The molecular formula is C14H23N. The second-order valence-electron chi connectivity index (χ2n) is 4.65. The fourth-order valence-corrected chi connectivity index (χ4v) is 1.83. The lowest BCUT2D eigenvalue weighted by molar-refractivity contribution is 0.316. The van der Waals surface area contributed by atoms with Crippen LogP contribution in [-0.2, 0) is 12.0 Å². The van der Waals surface area contributed by atoms with Gasteiger partial charge < -0.3 is 5.73 Å². The zero-order valence-electron chi connectivity index (χ0n) is 10.4. The van der Waals surface area contributed by atoms with Crippen LogP contribution in [0.25, 0.3) is 0 Å². The Hall–Kier alpha value is -0.820. The van der Waals surface area contributed by atoms with Gasteiger partial charge in [-0.15, -0.1) is 0 Å². The minimum absolute atomic E-state index is 0.208. The van der Waals surface area contributed by atoms with Crippen molar-refractivity contribution in [2.75, 3.05) is 0 Å². The van der Waals surface area contributed by atoms with Crippen LogP contribution in [0.5, 0.6) is 0 Å². The van der Waals surface area contributed by atoms with Crippen LogP contribution in [0.1, 0.15) is 45.2 Å². The second kappa shape index (κ2) is 4.80. The molecule has 0 saturated heterocycles. The van der Waals surface area contributed by atoms with E-state index in [2.05, 4.69) is 52.0 Å². The predicted octanol–water partition coefficient (Wildman–Crippen LogP) is 3.47. The van der Waals surface area contributed by atoms with E-state index < -0.39 is 0 Å². The summed E-state index contributed by atoms with van der Waals surface area (Å²) in [6.45, 7) is 8.73. The molecular weight excluding hydrogens is 182 g/mol. The predicted molar refractivity (Wildman–Crippen MR) is 66.8 cm³/mol. The van der Waals surface area contributed by atoms with Crippen molar-refractivity contribution in [1.82, 2.24) is 0 Å². The molecule has 0 aliphatic rings. The van der Waals surface area contributed by atoms with Crippen molar-refractivity contribution in [3.63, 3.8) is 0 Å². The Morgan fingerprint density at radius 2 is 2.00 bits per heavy atom. The van der Waals surface area contributed by atoms with Gasteiger partial charge in [-0.1, -0.05) is 51.5 Å². The highest BCUT2D eigenvalue weighted by molar-refractivity contribution is 5.29. The fourth-order valence-electron chi connectivity index (χ4n) is 1.83. The maximum Gasteiger partial charge on any atom is 0.0406 e. The van der Waals surface area contributed by atoms with Crippen molar-refractivity contribution in [2.45, 2.75) is 46.1 Å². The van der Waals surface area contributed by atoms with E-state index in [-0.39, 0.29) is 5.54 Å².